The zero-order valence-electron chi connectivity index (χ0n) is 11.9. The normalized spacial score (nSPS) is 10.8. The van der Waals surface area contributed by atoms with Crippen molar-refractivity contribution in [3.63, 3.8) is 0 Å². The van der Waals surface area contributed by atoms with Crippen molar-refractivity contribution in [2.45, 2.75) is 26.7 Å². The minimum absolute atomic E-state index is 0.341. The van der Waals surface area contributed by atoms with Gasteiger partial charge in [-0.25, -0.2) is 0 Å². The molecule has 0 bridgehead atoms. The van der Waals surface area contributed by atoms with Gasteiger partial charge in [-0.15, -0.1) is 0 Å². The third-order valence-corrected chi connectivity index (χ3v) is 3.47. The van der Waals surface area contributed by atoms with Gasteiger partial charge in [0, 0.05) is 5.56 Å². The Kier molecular flexibility index (Phi) is 6.03. The first-order chi connectivity index (χ1) is 9.43. The maximum Gasteiger partial charge on any atom is 0.175 e. The number of nitriles is 1. The zero-order valence-corrected chi connectivity index (χ0v) is 13.5. The maximum atomic E-state index is 10.8. The van der Waals surface area contributed by atoms with Crippen LogP contribution in [0.15, 0.2) is 16.6 Å². The second-order valence-electron chi connectivity index (χ2n) is 5.10. The smallest absolute Gasteiger partial charge is 0.175 e. The Balaban J connectivity index is 2.69. The van der Waals surface area contributed by atoms with Gasteiger partial charge in [0.1, 0.15) is 6.29 Å². The lowest BCUT2D eigenvalue weighted by atomic mass is 9.90. The van der Waals surface area contributed by atoms with Crippen LogP contribution in [0.4, 0.5) is 0 Å². The Morgan fingerprint density at radius 1 is 1.45 bits per heavy atom. The molecular formula is C15H18BrNO3. The number of benzene rings is 1. The van der Waals surface area contributed by atoms with E-state index in [1.54, 1.807) is 12.1 Å². The lowest BCUT2D eigenvalue weighted by molar-refractivity contribution is 0.112. The number of halogens is 1. The molecule has 0 spiro atoms. The highest BCUT2D eigenvalue weighted by Crippen LogP contribution is 2.36. The molecule has 0 fully saturated rings. The molecule has 0 amide bonds. The van der Waals surface area contributed by atoms with Gasteiger partial charge in [0.15, 0.2) is 11.5 Å². The summed E-state index contributed by atoms with van der Waals surface area (Å²) in [4.78, 5) is 10.8. The number of carbonyl (C=O) groups excluding carboxylic acids is 1. The molecule has 0 heterocycles. The molecule has 0 aromatic heterocycles. The van der Waals surface area contributed by atoms with Crippen LogP contribution in [-0.4, -0.2) is 20.0 Å². The fourth-order valence-corrected chi connectivity index (χ4v) is 2.27. The molecule has 108 valence electrons. The molecule has 0 N–H and O–H groups in total. The van der Waals surface area contributed by atoms with Crippen LogP contribution in [0.5, 0.6) is 11.5 Å². The summed E-state index contributed by atoms with van der Waals surface area (Å²) in [5.41, 5.74) is 0.179. The lowest BCUT2D eigenvalue weighted by Crippen LogP contribution is -2.10. The van der Waals surface area contributed by atoms with E-state index in [0.29, 0.717) is 28.1 Å². The first-order valence-corrected chi connectivity index (χ1v) is 7.09. The molecule has 0 aliphatic rings. The second kappa shape index (κ2) is 7.30. The van der Waals surface area contributed by atoms with Crippen LogP contribution in [0.1, 0.15) is 37.0 Å². The molecule has 4 nitrogen and oxygen atoms in total. The molecule has 1 rings (SSSR count). The summed E-state index contributed by atoms with van der Waals surface area (Å²) in [5, 5.41) is 8.94. The average molecular weight is 340 g/mol. The molecule has 0 aliphatic heterocycles. The molecule has 0 radical (unpaired) electrons. The van der Waals surface area contributed by atoms with Crippen LogP contribution < -0.4 is 9.47 Å². The van der Waals surface area contributed by atoms with E-state index >= 15 is 0 Å². The lowest BCUT2D eigenvalue weighted by Gasteiger charge is -2.16. The molecule has 1 aromatic carbocycles. The van der Waals surface area contributed by atoms with Crippen LogP contribution in [-0.2, 0) is 0 Å². The largest absolute Gasteiger partial charge is 0.493 e. The van der Waals surface area contributed by atoms with E-state index in [4.69, 9.17) is 14.7 Å². The number of nitrogens with zero attached hydrogens (tertiary/aromatic N) is 1. The van der Waals surface area contributed by atoms with Crippen LogP contribution in [0.25, 0.3) is 0 Å². The van der Waals surface area contributed by atoms with Crippen molar-refractivity contribution < 1.29 is 14.3 Å². The minimum atomic E-state index is -0.341. The van der Waals surface area contributed by atoms with Crippen LogP contribution >= 0.6 is 15.9 Å². The van der Waals surface area contributed by atoms with E-state index in [1.807, 2.05) is 13.8 Å². The average Bonchev–Trinajstić information content (AvgIpc) is 2.44. The maximum absolute atomic E-state index is 10.8. The summed E-state index contributed by atoms with van der Waals surface area (Å²) in [5.74, 6) is 1.09. The Labute approximate surface area is 127 Å². The molecular weight excluding hydrogens is 322 g/mol. The second-order valence-corrected chi connectivity index (χ2v) is 5.95. The fourth-order valence-electron chi connectivity index (χ4n) is 1.69. The van der Waals surface area contributed by atoms with Crippen LogP contribution in [0.2, 0.25) is 0 Å². The molecule has 20 heavy (non-hydrogen) atoms. The topological polar surface area (TPSA) is 59.3 Å². The van der Waals surface area contributed by atoms with Gasteiger partial charge in [0.05, 0.1) is 29.7 Å². The van der Waals surface area contributed by atoms with Crippen molar-refractivity contribution in [3.05, 3.63) is 22.2 Å². The Bertz CT molecular complexity index is 521. The van der Waals surface area contributed by atoms with E-state index < -0.39 is 0 Å². The quantitative estimate of drug-likeness (QED) is 0.556. The number of hydrogen-bond acceptors (Lipinski definition) is 4. The monoisotopic (exact) mass is 339 g/mol. The summed E-state index contributed by atoms with van der Waals surface area (Å²) in [6, 6.07) is 5.58. The van der Waals surface area contributed by atoms with Crippen LogP contribution in [0, 0.1) is 16.7 Å². The third kappa shape index (κ3) is 4.53. The van der Waals surface area contributed by atoms with Gasteiger partial charge in [-0.1, -0.05) is 0 Å². The number of methoxy groups -OCH3 is 1. The van der Waals surface area contributed by atoms with Gasteiger partial charge in [0.25, 0.3) is 0 Å². The molecule has 5 heteroatoms. The summed E-state index contributed by atoms with van der Waals surface area (Å²) in [7, 11) is 1.53. The molecule has 0 aliphatic carbocycles. The van der Waals surface area contributed by atoms with Crippen molar-refractivity contribution in [2.24, 2.45) is 5.41 Å². The molecule has 0 saturated heterocycles. The van der Waals surface area contributed by atoms with E-state index in [9.17, 15) is 4.79 Å². The molecule has 0 unspecified atom stereocenters. The van der Waals surface area contributed by atoms with E-state index in [-0.39, 0.29) is 5.41 Å². The summed E-state index contributed by atoms with van der Waals surface area (Å²) in [6.45, 7) is 4.30. The first-order valence-electron chi connectivity index (χ1n) is 6.30. The Hall–Kier alpha value is -1.54. The van der Waals surface area contributed by atoms with E-state index in [2.05, 4.69) is 22.0 Å². The van der Waals surface area contributed by atoms with Gasteiger partial charge >= 0.3 is 0 Å². The predicted octanol–water partition coefficient (Wildman–Crippen LogP) is 3.98. The fraction of sp³-hybridized carbons (Fsp3) is 0.467. The van der Waals surface area contributed by atoms with Gasteiger partial charge in [0.2, 0.25) is 0 Å². The summed E-state index contributed by atoms with van der Waals surface area (Å²) < 4.78 is 11.6. The number of aldehydes is 1. The number of ether oxygens (including phenoxy) is 2. The highest BCUT2D eigenvalue weighted by atomic mass is 79.9. The highest BCUT2D eigenvalue weighted by Gasteiger charge is 2.16. The Morgan fingerprint density at radius 3 is 2.70 bits per heavy atom. The molecule has 0 atom stereocenters. The van der Waals surface area contributed by atoms with Crippen molar-refractivity contribution in [3.8, 4) is 17.6 Å². The van der Waals surface area contributed by atoms with Gasteiger partial charge in [-0.3, -0.25) is 4.79 Å². The highest BCUT2D eigenvalue weighted by molar-refractivity contribution is 9.10. The molecule has 0 saturated carbocycles. The standard InChI is InChI=1S/C15H18BrNO3/c1-15(2,10-17)5-4-6-20-14-12(16)7-11(9-18)8-13(14)19-3/h7-9H,4-6H2,1-3H3. The number of carbonyl (C=O) groups is 1. The van der Waals surface area contributed by atoms with Crippen molar-refractivity contribution in [2.75, 3.05) is 13.7 Å². The van der Waals surface area contributed by atoms with Gasteiger partial charge < -0.3 is 9.47 Å². The summed E-state index contributed by atoms with van der Waals surface area (Å²) in [6.07, 6.45) is 2.29. The Morgan fingerprint density at radius 2 is 2.15 bits per heavy atom. The van der Waals surface area contributed by atoms with E-state index in [1.165, 1.54) is 7.11 Å². The first kappa shape index (κ1) is 16.5. The van der Waals surface area contributed by atoms with E-state index in [0.717, 1.165) is 19.1 Å². The van der Waals surface area contributed by atoms with Gasteiger partial charge in [-0.2, -0.15) is 5.26 Å². The van der Waals surface area contributed by atoms with Crippen molar-refractivity contribution >= 4 is 22.2 Å². The zero-order chi connectivity index (χ0) is 15.2. The third-order valence-electron chi connectivity index (χ3n) is 2.88. The summed E-state index contributed by atoms with van der Waals surface area (Å²) >= 11 is 3.37. The number of hydrogen-bond donors (Lipinski definition) is 0. The van der Waals surface area contributed by atoms with Crippen molar-refractivity contribution in [1.29, 1.82) is 5.26 Å². The van der Waals surface area contributed by atoms with Crippen LogP contribution in [0.3, 0.4) is 0 Å². The number of rotatable bonds is 7. The SMILES string of the molecule is COc1cc(C=O)cc(Br)c1OCCCC(C)(C)C#N. The minimum Gasteiger partial charge on any atom is -0.493 e. The predicted molar refractivity (Wildman–Crippen MR) is 80.2 cm³/mol. The molecule has 1 aromatic rings. The van der Waals surface area contributed by atoms with Crippen molar-refractivity contribution in [1.82, 2.24) is 0 Å². The van der Waals surface area contributed by atoms with Gasteiger partial charge in [-0.05, 0) is 54.8 Å².